The van der Waals surface area contributed by atoms with E-state index in [0.29, 0.717) is 12.1 Å². The number of carbonyl (C=O) groups is 1. The number of aromatic amines is 1. The highest BCUT2D eigenvalue weighted by atomic mass is 16.3. The summed E-state index contributed by atoms with van der Waals surface area (Å²) in [7, 11) is 0. The van der Waals surface area contributed by atoms with Gasteiger partial charge in [-0.1, -0.05) is 0 Å². The molecule has 4 heterocycles. The van der Waals surface area contributed by atoms with Crippen molar-refractivity contribution in [2.45, 2.75) is 24.8 Å². The molecule has 138 valence electrons. The number of carbonyl (C=O) groups excluding carboxylic acids is 1. The molecule has 8 heteroatoms. The predicted octanol–water partition coefficient (Wildman–Crippen LogP) is 1.94. The van der Waals surface area contributed by atoms with Crippen LogP contribution >= 0.6 is 0 Å². The van der Waals surface area contributed by atoms with Gasteiger partial charge < -0.3 is 19.9 Å². The number of hydrogen-bond acceptors (Lipinski definition) is 6. The second kappa shape index (κ2) is 5.94. The van der Waals surface area contributed by atoms with Gasteiger partial charge in [-0.2, -0.15) is 0 Å². The Bertz CT molecular complexity index is 995. The highest BCUT2D eigenvalue weighted by Gasteiger charge is 2.52. The van der Waals surface area contributed by atoms with Crippen molar-refractivity contribution in [1.82, 2.24) is 24.8 Å². The monoisotopic (exact) mass is 364 g/mol. The van der Waals surface area contributed by atoms with E-state index in [-0.39, 0.29) is 17.3 Å². The van der Waals surface area contributed by atoms with Crippen molar-refractivity contribution in [2.75, 3.05) is 24.5 Å². The van der Waals surface area contributed by atoms with Crippen molar-refractivity contribution in [3.8, 4) is 5.88 Å². The third-order valence-corrected chi connectivity index (χ3v) is 5.57. The summed E-state index contributed by atoms with van der Waals surface area (Å²) in [5, 5.41) is 10.4. The van der Waals surface area contributed by atoms with E-state index in [1.54, 1.807) is 12.4 Å². The summed E-state index contributed by atoms with van der Waals surface area (Å²) < 4.78 is 0. The summed E-state index contributed by atoms with van der Waals surface area (Å²) in [4.78, 5) is 33.2. The molecule has 1 aliphatic carbocycles. The third kappa shape index (κ3) is 2.68. The molecule has 3 aromatic rings. The van der Waals surface area contributed by atoms with Crippen molar-refractivity contribution in [1.29, 1.82) is 0 Å². The van der Waals surface area contributed by atoms with Crippen molar-refractivity contribution < 1.29 is 9.90 Å². The Balaban J connectivity index is 1.45. The summed E-state index contributed by atoms with van der Waals surface area (Å²) >= 11 is 0. The zero-order valence-electron chi connectivity index (χ0n) is 14.8. The van der Waals surface area contributed by atoms with Gasteiger partial charge in [-0.25, -0.2) is 15.0 Å². The van der Waals surface area contributed by atoms with E-state index in [2.05, 4.69) is 24.8 Å². The molecule has 5 rings (SSSR count). The summed E-state index contributed by atoms with van der Waals surface area (Å²) in [6, 6.07) is 5.10. The van der Waals surface area contributed by atoms with Crippen LogP contribution in [0.1, 0.15) is 29.6 Å². The number of H-pyrrole nitrogens is 1. The first-order valence-electron chi connectivity index (χ1n) is 9.16. The number of anilines is 1. The van der Waals surface area contributed by atoms with E-state index in [0.717, 1.165) is 49.2 Å². The number of nitrogens with zero attached hydrogens (tertiary/aromatic N) is 5. The maximum absolute atomic E-state index is 13.1. The maximum Gasteiger partial charge on any atom is 0.255 e. The Morgan fingerprint density at radius 3 is 2.81 bits per heavy atom. The highest BCUT2D eigenvalue weighted by molar-refractivity contribution is 5.95. The lowest BCUT2D eigenvalue weighted by Gasteiger charge is -2.32. The molecule has 3 aromatic heterocycles. The summed E-state index contributed by atoms with van der Waals surface area (Å²) in [5.74, 6) is 0.832. The van der Waals surface area contributed by atoms with Gasteiger partial charge in [-0.3, -0.25) is 4.79 Å². The topological polar surface area (TPSA) is 98.2 Å². The standard InChI is InChI=1S/C19H20N6O2/c26-15-3-2-13(10-21-15)18(27)25-9-1-8-24(11-19(25)5-6-19)17-14-4-7-20-16(14)22-12-23-17/h2-4,7,10,12H,1,5-6,8-9,11H2,(H,21,26)(H,20,22,23). The molecule has 1 spiro atoms. The van der Waals surface area contributed by atoms with Gasteiger partial charge in [0.1, 0.15) is 17.8 Å². The number of aromatic nitrogens is 4. The van der Waals surface area contributed by atoms with Crippen molar-refractivity contribution in [3.05, 3.63) is 42.5 Å². The van der Waals surface area contributed by atoms with Crippen molar-refractivity contribution >= 4 is 22.8 Å². The minimum Gasteiger partial charge on any atom is -0.493 e. The first-order chi connectivity index (χ1) is 13.2. The van der Waals surface area contributed by atoms with Crippen LogP contribution in [-0.4, -0.2) is 61.0 Å². The molecule has 0 radical (unpaired) electrons. The van der Waals surface area contributed by atoms with Gasteiger partial charge in [0.2, 0.25) is 5.88 Å². The van der Waals surface area contributed by atoms with Gasteiger partial charge >= 0.3 is 0 Å². The Kier molecular flexibility index (Phi) is 3.53. The lowest BCUT2D eigenvalue weighted by atomic mass is 10.1. The quantitative estimate of drug-likeness (QED) is 0.721. The highest BCUT2D eigenvalue weighted by Crippen LogP contribution is 2.45. The number of amides is 1. The average Bonchev–Trinajstić information content (AvgIpc) is 3.34. The van der Waals surface area contributed by atoms with Crippen molar-refractivity contribution in [2.24, 2.45) is 0 Å². The molecule has 0 atom stereocenters. The molecule has 1 aliphatic heterocycles. The summed E-state index contributed by atoms with van der Waals surface area (Å²) in [6.45, 7) is 2.32. The summed E-state index contributed by atoms with van der Waals surface area (Å²) in [5.41, 5.74) is 1.19. The number of hydrogen-bond donors (Lipinski definition) is 2. The average molecular weight is 364 g/mol. The predicted molar refractivity (Wildman–Crippen MR) is 99.6 cm³/mol. The van der Waals surface area contributed by atoms with Crippen LogP contribution in [0, 0.1) is 0 Å². The number of pyridine rings is 1. The molecule has 27 heavy (non-hydrogen) atoms. The smallest absolute Gasteiger partial charge is 0.255 e. The number of fused-ring (bicyclic) bond motifs is 1. The fourth-order valence-corrected chi connectivity index (χ4v) is 4.03. The molecule has 0 unspecified atom stereocenters. The van der Waals surface area contributed by atoms with Gasteiger partial charge in [-0.05, 0) is 31.4 Å². The second-order valence-corrected chi connectivity index (χ2v) is 7.30. The zero-order chi connectivity index (χ0) is 18.4. The van der Waals surface area contributed by atoms with Gasteiger partial charge in [-0.15, -0.1) is 0 Å². The zero-order valence-corrected chi connectivity index (χ0v) is 14.8. The number of nitrogens with one attached hydrogen (secondary N) is 1. The van der Waals surface area contributed by atoms with Crippen LogP contribution in [0.4, 0.5) is 5.82 Å². The lowest BCUT2D eigenvalue weighted by molar-refractivity contribution is 0.0669. The second-order valence-electron chi connectivity index (χ2n) is 7.30. The molecule has 2 aliphatic rings. The van der Waals surface area contributed by atoms with E-state index in [4.69, 9.17) is 0 Å². The Morgan fingerprint density at radius 2 is 2.04 bits per heavy atom. The van der Waals surface area contributed by atoms with Crippen LogP contribution in [0.25, 0.3) is 11.0 Å². The van der Waals surface area contributed by atoms with Crippen LogP contribution in [0.15, 0.2) is 36.9 Å². The van der Waals surface area contributed by atoms with Crippen LogP contribution in [-0.2, 0) is 0 Å². The molecule has 1 saturated heterocycles. The third-order valence-electron chi connectivity index (χ3n) is 5.57. The Labute approximate surface area is 155 Å². The van der Waals surface area contributed by atoms with E-state index >= 15 is 0 Å². The molecular formula is C19H20N6O2. The summed E-state index contributed by atoms with van der Waals surface area (Å²) in [6.07, 6.45) is 7.76. The molecule has 1 amide bonds. The van der Waals surface area contributed by atoms with Gasteiger partial charge in [0, 0.05) is 38.1 Å². The molecular weight excluding hydrogens is 344 g/mol. The number of rotatable bonds is 2. The van der Waals surface area contributed by atoms with Gasteiger partial charge in [0.15, 0.2) is 0 Å². The fourth-order valence-electron chi connectivity index (χ4n) is 4.03. The molecule has 0 bridgehead atoms. The molecule has 2 N–H and O–H groups in total. The SMILES string of the molecule is O=C(c1ccc(O)nc1)N1CCCN(c2ncnc3[nH]ccc23)CC12CC2. The van der Waals surface area contributed by atoms with Crippen molar-refractivity contribution in [3.63, 3.8) is 0 Å². The minimum absolute atomic E-state index is 0.0173. The first-order valence-corrected chi connectivity index (χ1v) is 9.16. The lowest BCUT2D eigenvalue weighted by Crippen LogP contribution is -2.46. The minimum atomic E-state index is -0.154. The Hall–Kier alpha value is -3.16. The van der Waals surface area contributed by atoms with Crippen LogP contribution in [0.2, 0.25) is 0 Å². The van der Waals surface area contributed by atoms with Crippen LogP contribution < -0.4 is 4.90 Å². The number of aromatic hydroxyl groups is 1. The molecule has 8 nitrogen and oxygen atoms in total. The molecule has 0 aromatic carbocycles. The van der Waals surface area contributed by atoms with E-state index < -0.39 is 0 Å². The Morgan fingerprint density at radius 1 is 1.15 bits per heavy atom. The van der Waals surface area contributed by atoms with E-state index in [9.17, 15) is 9.90 Å². The molecule has 2 fully saturated rings. The van der Waals surface area contributed by atoms with Gasteiger partial charge in [0.05, 0.1) is 16.5 Å². The maximum atomic E-state index is 13.1. The van der Waals surface area contributed by atoms with E-state index in [1.165, 1.54) is 12.3 Å². The fraction of sp³-hybridized carbons (Fsp3) is 0.368. The normalized spacial score (nSPS) is 18.7. The molecule has 1 saturated carbocycles. The van der Waals surface area contributed by atoms with Crippen LogP contribution in [0.5, 0.6) is 5.88 Å². The van der Waals surface area contributed by atoms with Gasteiger partial charge in [0.25, 0.3) is 5.91 Å². The van der Waals surface area contributed by atoms with E-state index in [1.807, 2.05) is 17.2 Å². The van der Waals surface area contributed by atoms with Crippen LogP contribution in [0.3, 0.4) is 0 Å². The first kappa shape index (κ1) is 16.0. The largest absolute Gasteiger partial charge is 0.493 e.